The number of aryl methyl sites for hydroxylation is 1. The van der Waals surface area contributed by atoms with Gasteiger partial charge in [0.2, 0.25) is 5.91 Å². The van der Waals surface area contributed by atoms with Crippen LogP contribution in [0.2, 0.25) is 0 Å². The Morgan fingerprint density at radius 1 is 1.13 bits per heavy atom. The van der Waals surface area contributed by atoms with Crippen molar-refractivity contribution in [1.29, 1.82) is 0 Å². The maximum absolute atomic E-state index is 12.8. The van der Waals surface area contributed by atoms with Crippen molar-refractivity contribution in [3.05, 3.63) is 71.8 Å². The maximum Gasteiger partial charge on any atom is 0.225 e. The molecule has 2 heterocycles. The highest BCUT2D eigenvalue weighted by molar-refractivity contribution is 5.79. The number of nitrogens with one attached hydrogen (secondary N) is 1. The average Bonchev–Trinajstić information content (AvgIpc) is 2.83. The Kier molecular flexibility index (Phi) is 6.46. The van der Waals surface area contributed by atoms with Gasteiger partial charge >= 0.3 is 0 Å². The van der Waals surface area contributed by atoms with Gasteiger partial charge in [0.15, 0.2) is 5.82 Å². The lowest BCUT2D eigenvalue weighted by atomic mass is 9.97. The van der Waals surface area contributed by atoms with Crippen LogP contribution in [-0.4, -0.2) is 36.3 Å². The van der Waals surface area contributed by atoms with Gasteiger partial charge < -0.3 is 15.0 Å². The van der Waals surface area contributed by atoms with Crippen molar-refractivity contribution in [2.24, 2.45) is 5.92 Å². The highest BCUT2D eigenvalue weighted by Gasteiger charge is 2.26. The van der Waals surface area contributed by atoms with Crippen molar-refractivity contribution in [2.45, 2.75) is 26.3 Å². The molecule has 31 heavy (non-hydrogen) atoms. The molecule has 1 aliphatic rings. The first-order valence-electron chi connectivity index (χ1n) is 10.7. The van der Waals surface area contributed by atoms with E-state index < -0.39 is 0 Å². The molecule has 1 fully saturated rings. The number of aromatic nitrogens is 2. The fourth-order valence-corrected chi connectivity index (χ4v) is 3.89. The van der Waals surface area contributed by atoms with Gasteiger partial charge in [-0.15, -0.1) is 10.2 Å². The number of methoxy groups -OCH3 is 1. The molecular weight excluding hydrogens is 388 g/mol. The third-order valence-electron chi connectivity index (χ3n) is 5.71. The molecule has 0 radical (unpaired) electrons. The molecule has 2 aromatic carbocycles. The molecule has 160 valence electrons. The van der Waals surface area contributed by atoms with E-state index in [-0.39, 0.29) is 11.8 Å². The van der Waals surface area contributed by atoms with Crippen LogP contribution in [0.25, 0.3) is 11.3 Å². The van der Waals surface area contributed by atoms with Crippen molar-refractivity contribution in [2.75, 3.05) is 25.1 Å². The topological polar surface area (TPSA) is 67.3 Å². The van der Waals surface area contributed by atoms with E-state index in [1.165, 1.54) is 5.56 Å². The van der Waals surface area contributed by atoms with Crippen LogP contribution >= 0.6 is 0 Å². The summed E-state index contributed by atoms with van der Waals surface area (Å²) >= 11 is 0. The Labute approximate surface area is 183 Å². The summed E-state index contributed by atoms with van der Waals surface area (Å²) in [6.07, 6.45) is 1.84. The lowest BCUT2D eigenvalue weighted by molar-refractivity contribution is -0.125. The molecule has 0 aliphatic carbocycles. The first-order chi connectivity index (χ1) is 15.1. The summed E-state index contributed by atoms with van der Waals surface area (Å²) in [6.45, 7) is 4.11. The van der Waals surface area contributed by atoms with Crippen LogP contribution in [0.15, 0.2) is 60.7 Å². The molecule has 6 nitrogen and oxygen atoms in total. The van der Waals surface area contributed by atoms with E-state index in [4.69, 9.17) is 4.74 Å². The minimum atomic E-state index is -0.0575. The van der Waals surface area contributed by atoms with Gasteiger partial charge in [0.25, 0.3) is 0 Å². The quantitative estimate of drug-likeness (QED) is 0.658. The molecule has 0 spiro atoms. The highest BCUT2D eigenvalue weighted by Crippen LogP contribution is 2.24. The highest BCUT2D eigenvalue weighted by atomic mass is 16.5. The Balaban J connectivity index is 1.36. The van der Waals surface area contributed by atoms with Crippen molar-refractivity contribution >= 4 is 11.7 Å². The number of hydrogen-bond acceptors (Lipinski definition) is 5. The van der Waals surface area contributed by atoms with E-state index in [1.54, 1.807) is 7.11 Å². The third-order valence-corrected chi connectivity index (χ3v) is 5.71. The van der Waals surface area contributed by atoms with Crippen LogP contribution in [0.5, 0.6) is 5.75 Å². The van der Waals surface area contributed by atoms with Crippen molar-refractivity contribution in [3.8, 4) is 17.0 Å². The number of amides is 1. The van der Waals surface area contributed by atoms with Gasteiger partial charge in [-0.3, -0.25) is 4.79 Å². The second-order valence-corrected chi connectivity index (χ2v) is 8.00. The van der Waals surface area contributed by atoms with Crippen LogP contribution in [0.3, 0.4) is 0 Å². The Morgan fingerprint density at radius 3 is 2.71 bits per heavy atom. The summed E-state index contributed by atoms with van der Waals surface area (Å²) < 4.78 is 5.25. The summed E-state index contributed by atoms with van der Waals surface area (Å²) in [5.41, 5.74) is 4.15. The van der Waals surface area contributed by atoms with Crippen LogP contribution in [0.1, 0.15) is 24.0 Å². The zero-order valence-electron chi connectivity index (χ0n) is 18.0. The maximum atomic E-state index is 12.8. The smallest absolute Gasteiger partial charge is 0.225 e. The van der Waals surface area contributed by atoms with Gasteiger partial charge in [-0.05, 0) is 49.6 Å². The molecule has 1 aliphatic heterocycles. The third kappa shape index (κ3) is 5.20. The average molecular weight is 417 g/mol. The number of carbonyl (C=O) groups is 1. The van der Waals surface area contributed by atoms with E-state index in [0.29, 0.717) is 13.1 Å². The van der Waals surface area contributed by atoms with E-state index >= 15 is 0 Å². The molecule has 0 bridgehead atoms. The van der Waals surface area contributed by atoms with Gasteiger partial charge in [-0.25, -0.2) is 0 Å². The van der Waals surface area contributed by atoms with E-state index in [0.717, 1.165) is 47.8 Å². The minimum absolute atomic E-state index is 0.0575. The summed E-state index contributed by atoms with van der Waals surface area (Å²) in [4.78, 5) is 14.9. The first-order valence-corrected chi connectivity index (χ1v) is 10.7. The second kappa shape index (κ2) is 9.60. The molecule has 6 heteroatoms. The van der Waals surface area contributed by atoms with Crippen LogP contribution in [0, 0.1) is 12.8 Å². The van der Waals surface area contributed by atoms with Crippen molar-refractivity contribution in [3.63, 3.8) is 0 Å². The standard InChI is InChI=1S/C25H28N4O2/c1-18-8-10-20(11-9-18)23-12-13-24(28-27-23)29-14-4-6-21(17-29)25(30)26-16-19-5-3-7-22(15-19)31-2/h3,5,7-13,15,21H,4,6,14,16-17H2,1-2H3,(H,26,30)/t21-/m1/s1. The lowest BCUT2D eigenvalue weighted by Gasteiger charge is -2.32. The number of benzene rings is 2. The van der Waals surface area contributed by atoms with Crippen LogP contribution in [0.4, 0.5) is 5.82 Å². The molecule has 1 N–H and O–H groups in total. The Bertz CT molecular complexity index is 1020. The number of carbonyl (C=O) groups excluding carboxylic acids is 1. The number of piperidine rings is 1. The Morgan fingerprint density at radius 2 is 1.97 bits per heavy atom. The summed E-state index contributed by atoms with van der Waals surface area (Å²) in [5, 5.41) is 11.9. The van der Waals surface area contributed by atoms with Crippen LogP contribution in [-0.2, 0) is 11.3 Å². The fraction of sp³-hybridized carbons (Fsp3) is 0.320. The number of hydrogen-bond donors (Lipinski definition) is 1. The predicted molar refractivity (Wildman–Crippen MR) is 122 cm³/mol. The van der Waals surface area contributed by atoms with Gasteiger partial charge in [-0.1, -0.05) is 42.0 Å². The molecular formula is C25H28N4O2. The molecule has 3 aromatic rings. The first kappa shape index (κ1) is 20.8. The lowest BCUT2D eigenvalue weighted by Crippen LogP contribution is -2.43. The molecule has 1 saturated heterocycles. The monoisotopic (exact) mass is 416 g/mol. The molecule has 1 amide bonds. The van der Waals surface area contributed by atoms with Crippen molar-refractivity contribution < 1.29 is 9.53 Å². The van der Waals surface area contributed by atoms with Gasteiger partial charge in [0, 0.05) is 25.2 Å². The number of nitrogens with zero attached hydrogens (tertiary/aromatic N) is 3. The molecule has 0 unspecified atom stereocenters. The number of ether oxygens (including phenoxy) is 1. The molecule has 1 atom stereocenters. The SMILES string of the molecule is COc1cccc(CNC(=O)[C@@H]2CCCN(c3ccc(-c4ccc(C)cc4)nn3)C2)c1. The zero-order chi connectivity index (χ0) is 21.6. The summed E-state index contributed by atoms with van der Waals surface area (Å²) in [7, 11) is 1.64. The fourth-order valence-electron chi connectivity index (χ4n) is 3.89. The van der Waals surface area contributed by atoms with E-state index in [9.17, 15) is 4.79 Å². The van der Waals surface area contributed by atoms with Gasteiger partial charge in [0.1, 0.15) is 5.75 Å². The number of rotatable bonds is 6. The van der Waals surface area contributed by atoms with Crippen molar-refractivity contribution in [1.82, 2.24) is 15.5 Å². The minimum Gasteiger partial charge on any atom is -0.497 e. The normalized spacial score (nSPS) is 16.1. The van der Waals surface area contributed by atoms with Crippen LogP contribution < -0.4 is 15.0 Å². The predicted octanol–water partition coefficient (Wildman–Crippen LogP) is 3.99. The molecule has 0 saturated carbocycles. The second-order valence-electron chi connectivity index (χ2n) is 8.00. The summed E-state index contributed by atoms with van der Waals surface area (Å²) in [6, 6.07) is 20.0. The largest absolute Gasteiger partial charge is 0.497 e. The zero-order valence-corrected chi connectivity index (χ0v) is 18.0. The molecule has 1 aromatic heterocycles. The summed E-state index contributed by atoms with van der Waals surface area (Å²) in [5.74, 6) is 1.64. The van der Waals surface area contributed by atoms with E-state index in [1.807, 2.05) is 36.4 Å². The van der Waals surface area contributed by atoms with E-state index in [2.05, 4.69) is 51.6 Å². The van der Waals surface area contributed by atoms with Gasteiger partial charge in [-0.2, -0.15) is 0 Å². The molecule has 4 rings (SSSR count). The Hall–Kier alpha value is -3.41. The number of anilines is 1. The van der Waals surface area contributed by atoms with Gasteiger partial charge in [0.05, 0.1) is 18.7 Å².